The first kappa shape index (κ1) is 14.3. The highest BCUT2D eigenvalue weighted by atomic mass is 32.1. The van der Waals surface area contributed by atoms with Gasteiger partial charge in [-0.3, -0.25) is 4.79 Å². The molecule has 0 aromatic carbocycles. The van der Waals surface area contributed by atoms with E-state index in [2.05, 4.69) is 15.3 Å². The van der Waals surface area contributed by atoms with Gasteiger partial charge in [-0.1, -0.05) is 12.8 Å². The zero-order valence-corrected chi connectivity index (χ0v) is 12.7. The standard InChI is InChI=1S/C15H19N3O2S/c1-9-17-13(8-21-9)10-6-12(16-7-10)15(20)18-11-4-2-3-5-14(11)19/h6-8,11,14,16,19H,2-5H2,1H3,(H,18,20)/t11-,14-/m1/s1. The van der Waals surface area contributed by atoms with Crippen LogP contribution < -0.4 is 5.32 Å². The predicted molar refractivity (Wildman–Crippen MR) is 82.4 cm³/mol. The van der Waals surface area contributed by atoms with Crippen LogP contribution in [0.4, 0.5) is 0 Å². The molecule has 1 saturated carbocycles. The number of aryl methyl sites for hydroxylation is 1. The van der Waals surface area contributed by atoms with Crippen LogP contribution in [0.5, 0.6) is 0 Å². The molecule has 2 atom stereocenters. The number of hydrogen-bond donors (Lipinski definition) is 3. The number of nitrogens with one attached hydrogen (secondary N) is 2. The van der Waals surface area contributed by atoms with Crippen molar-refractivity contribution in [3.8, 4) is 11.3 Å². The lowest BCUT2D eigenvalue weighted by molar-refractivity contribution is 0.0714. The number of aromatic nitrogens is 2. The summed E-state index contributed by atoms with van der Waals surface area (Å²) in [5.41, 5.74) is 2.30. The minimum atomic E-state index is -0.432. The number of amides is 1. The Hall–Kier alpha value is -1.66. The van der Waals surface area contributed by atoms with E-state index in [-0.39, 0.29) is 11.9 Å². The van der Waals surface area contributed by atoms with Crippen LogP contribution >= 0.6 is 11.3 Å². The molecule has 1 aliphatic rings. The Bertz CT molecular complexity index is 634. The van der Waals surface area contributed by atoms with Gasteiger partial charge in [-0.2, -0.15) is 0 Å². The van der Waals surface area contributed by atoms with Gasteiger partial charge in [0.2, 0.25) is 0 Å². The summed E-state index contributed by atoms with van der Waals surface area (Å²) >= 11 is 1.59. The lowest BCUT2D eigenvalue weighted by Crippen LogP contribution is -2.45. The maximum Gasteiger partial charge on any atom is 0.268 e. The SMILES string of the molecule is Cc1nc(-c2c[nH]c(C(=O)N[C@@H]3CCCC[C@H]3O)c2)cs1. The van der Waals surface area contributed by atoms with E-state index in [1.54, 1.807) is 23.6 Å². The molecule has 0 aliphatic heterocycles. The third kappa shape index (κ3) is 3.16. The normalized spacial score (nSPS) is 22.2. The van der Waals surface area contributed by atoms with Gasteiger partial charge in [0, 0.05) is 17.1 Å². The fourth-order valence-electron chi connectivity index (χ4n) is 2.70. The number of aromatic amines is 1. The van der Waals surface area contributed by atoms with Crippen molar-refractivity contribution in [1.29, 1.82) is 0 Å². The smallest absolute Gasteiger partial charge is 0.268 e. The van der Waals surface area contributed by atoms with Crippen molar-refractivity contribution < 1.29 is 9.90 Å². The van der Waals surface area contributed by atoms with E-state index in [9.17, 15) is 9.90 Å². The van der Waals surface area contributed by atoms with Crippen LogP contribution in [0.1, 0.15) is 41.2 Å². The van der Waals surface area contributed by atoms with Gasteiger partial charge < -0.3 is 15.4 Å². The van der Waals surface area contributed by atoms with Crippen molar-refractivity contribution in [2.24, 2.45) is 0 Å². The van der Waals surface area contributed by atoms with Gasteiger partial charge in [0.1, 0.15) is 5.69 Å². The van der Waals surface area contributed by atoms with Gasteiger partial charge in [-0.15, -0.1) is 11.3 Å². The van der Waals surface area contributed by atoms with Crippen LogP contribution in [0, 0.1) is 6.92 Å². The average Bonchev–Trinajstić information content (AvgIpc) is 3.10. The summed E-state index contributed by atoms with van der Waals surface area (Å²) in [7, 11) is 0. The fourth-order valence-corrected chi connectivity index (χ4v) is 3.32. The van der Waals surface area contributed by atoms with Crippen LogP contribution in [0.25, 0.3) is 11.3 Å². The molecular formula is C15H19N3O2S. The van der Waals surface area contributed by atoms with Crippen molar-refractivity contribution in [3.05, 3.63) is 28.3 Å². The molecule has 0 radical (unpaired) electrons. The van der Waals surface area contributed by atoms with Crippen molar-refractivity contribution in [2.45, 2.75) is 44.8 Å². The van der Waals surface area contributed by atoms with E-state index in [1.165, 1.54) is 0 Å². The second kappa shape index (κ2) is 5.99. The summed E-state index contributed by atoms with van der Waals surface area (Å²) in [4.78, 5) is 19.6. The minimum absolute atomic E-state index is 0.139. The summed E-state index contributed by atoms with van der Waals surface area (Å²) in [6.07, 6.45) is 5.05. The maximum absolute atomic E-state index is 12.2. The monoisotopic (exact) mass is 305 g/mol. The number of nitrogens with zero attached hydrogens (tertiary/aromatic N) is 1. The van der Waals surface area contributed by atoms with Crippen molar-refractivity contribution in [3.63, 3.8) is 0 Å². The molecule has 5 nitrogen and oxygen atoms in total. The van der Waals surface area contributed by atoms with Gasteiger partial charge in [-0.25, -0.2) is 4.98 Å². The average molecular weight is 305 g/mol. The Kier molecular flexibility index (Phi) is 4.07. The number of rotatable bonds is 3. The van der Waals surface area contributed by atoms with Gasteiger partial charge >= 0.3 is 0 Å². The Morgan fingerprint density at radius 1 is 1.48 bits per heavy atom. The Balaban J connectivity index is 1.69. The molecule has 0 unspecified atom stereocenters. The predicted octanol–water partition coefficient (Wildman–Crippen LogP) is 2.48. The molecule has 112 valence electrons. The highest BCUT2D eigenvalue weighted by Gasteiger charge is 2.25. The van der Waals surface area contributed by atoms with Crippen LogP contribution in [-0.4, -0.2) is 33.1 Å². The molecule has 2 aromatic heterocycles. The Morgan fingerprint density at radius 3 is 3.00 bits per heavy atom. The molecule has 2 heterocycles. The molecule has 1 aliphatic carbocycles. The zero-order chi connectivity index (χ0) is 14.8. The molecule has 6 heteroatoms. The zero-order valence-electron chi connectivity index (χ0n) is 11.9. The van der Waals surface area contributed by atoms with Gasteiger partial charge in [-0.05, 0) is 25.8 Å². The van der Waals surface area contributed by atoms with E-state index in [4.69, 9.17) is 0 Å². The van der Waals surface area contributed by atoms with Gasteiger partial charge in [0.15, 0.2) is 0 Å². The van der Waals surface area contributed by atoms with Crippen molar-refractivity contribution in [1.82, 2.24) is 15.3 Å². The molecule has 0 spiro atoms. The Morgan fingerprint density at radius 2 is 2.29 bits per heavy atom. The van der Waals surface area contributed by atoms with Crippen molar-refractivity contribution >= 4 is 17.2 Å². The topological polar surface area (TPSA) is 78.0 Å². The first-order valence-electron chi connectivity index (χ1n) is 7.23. The van der Waals surface area contributed by atoms with E-state index in [0.717, 1.165) is 41.9 Å². The van der Waals surface area contributed by atoms with Crippen LogP contribution in [0.15, 0.2) is 17.6 Å². The highest BCUT2D eigenvalue weighted by molar-refractivity contribution is 7.09. The summed E-state index contributed by atoms with van der Waals surface area (Å²) in [6, 6.07) is 1.67. The number of aliphatic hydroxyl groups excluding tert-OH is 1. The van der Waals surface area contributed by atoms with Crippen LogP contribution in [0.3, 0.4) is 0 Å². The van der Waals surface area contributed by atoms with E-state index >= 15 is 0 Å². The van der Waals surface area contributed by atoms with E-state index in [0.29, 0.717) is 5.69 Å². The molecule has 0 saturated heterocycles. The third-order valence-electron chi connectivity index (χ3n) is 3.89. The molecule has 3 N–H and O–H groups in total. The molecular weight excluding hydrogens is 286 g/mol. The molecule has 2 aromatic rings. The second-order valence-electron chi connectivity index (χ2n) is 5.49. The largest absolute Gasteiger partial charge is 0.391 e. The van der Waals surface area contributed by atoms with E-state index in [1.807, 2.05) is 12.3 Å². The second-order valence-corrected chi connectivity index (χ2v) is 6.55. The number of aliphatic hydroxyl groups is 1. The first-order valence-corrected chi connectivity index (χ1v) is 8.11. The highest BCUT2D eigenvalue weighted by Crippen LogP contribution is 2.23. The number of thiazole rings is 1. The fraction of sp³-hybridized carbons (Fsp3) is 0.467. The Labute approximate surface area is 127 Å². The van der Waals surface area contributed by atoms with Crippen molar-refractivity contribution in [2.75, 3.05) is 0 Å². The summed E-state index contributed by atoms with van der Waals surface area (Å²) in [6.45, 7) is 1.96. The molecule has 1 amide bonds. The van der Waals surface area contributed by atoms with E-state index < -0.39 is 6.10 Å². The number of carbonyl (C=O) groups is 1. The van der Waals surface area contributed by atoms with Crippen LogP contribution in [-0.2, 0) is 0 Å². The molecule has 21 heavy (non-hydrogen) atoms. The quantitative estimate of drug-likeness (QED) is 0.815. The van der Waals surface area contributed by atoms with Gasteiger partial charge in [0.25, 0.3) is 5.91 Å². The lowest BCUT2D eigenvalue weighted by Gasteiger charge is -2.28. The number of carbonyl (C=O) groups excluding carboxylic acids is 1. The van der Waals surface area contributed by atoms with Crippen LogP contribution in [0.2, 0.25) is 0 Å². The van der Waals surface area contributed by atoms with Gasteiger partial charge in [0.05, 0.1) is 22.8 Å². The molecule has 3 rings (SSSR count). The summed E-state index contributed by atoms with van der Waals surface area (Å²) in [5.74, 6) is -0.167. The number of H-pyrrole nitrogens is 1. The maximum atomic E-state index is 12.2. The number of hydrogen-bond acceptors (Lipinski definition) is 4. The molecule has 0 bridgehead atoms. The minimum Gasteiger partial charge on any atom is -0.391 e. The first-order chi connectivity index (χ1) is 10.1. The lowest BCUT2D eigenvalue weighted by atomic mass is 9.92. The third-order valence-corrected chi connectivity index (χ3v) is 4.66. The molecule has 1 fully saturated rings. The summed E-state index contributed by atoms with van der Waals surface area (Å²) in [5, 5.41) is 15.8. The summed E-state index contributed by atoms with van der Waals surface area (Å²) < 4.78 is 0.